The van der Waals surface area contributed by atoms with Crippen molar-refractivity contribution < 1.29 is 9.13 Å². The molecule has 0 bridgehead atoms. The minimum Gasteiger partial charge on any atom is -0.494 e. The van der Waals surface area contributed by atoms with E-state index in [9.17, 15) is 4.39 Å². The molecule has 0 saturated carbocycles. The molecule has 1 aromatic carbocycles. The van der Waals surface area contributed by atoms with Crippen LogP contribution in [-0.2, 0) is 13.0 Å². The molecule has 0 radical (unpaired) electrons. The predicted octanol–water partition coefficient (Wildman–Crippen LogP) is 1.80. The fourth-order valence-corrected chi connectivity index (χ4v) is 2.17. The Balaban J connectivity index is 2.22. The maximum atomic E-state index is 13.8. The van der Waals surface area contributed by atoms with E-state index in [-0.39, 0.29) is 11.8 Å². The smallest absolute Gasteiger partial charge is 0.165 e. The molecule has 1 heterocycles. The molecular weight excluding hydrogens is 259 g/mol. The lowest BCUT2D eigenvalue weighted by atomic mass is 10.0. The lowest BCUT2D eigenvalue weighted by Crippen LogP contribution is -2.30. The van der Waals surface area contributed by atoms with Crippen LogP contribution in [0.15, 0.2) is 30.6 Å². The molecule has 1 atom stereocenters. The summed E-state index contributed by atoms with van der Waals surface area (Å²) in [7, 11) is 1.44. The van der Waals surface area contributed by atoms with Crippen LogP contribution in [0.5, 0.6) is 5.75 Å². The number of hydrogen-bond donors (Lipinski definition) is 2. The number of hydrazine groups is 1. The van der Waals surface area contributed by atoms with Gasteiger partial charge in [-0.25, -0.2) is 9.37 Å². The van der Waals surface area contributed by atoms with Gasteiger partial charge in [-0.05, 0) is 24.6 Å². The van der Waals surface area contributed by atoms with Crippen molar-refractivity contribution in [3.8, 4) is 5.75 Å². The average Bonchev–Trinajstić information content (AvgIpc) is 2.91. The Hall–Kier alpha value is -1.92. The lowest BCUT2D eigenvalue weighted by Gasteiger charge is -2.17. The van der Waals surface area contributed by atoms with E-state index in [0.29, 0.717) is 6.42 Å². The van der Waals surface area contributed by atoms with Crippen LogP contribution in [0, 0.1) is 5.82 Å². The third-order valence-electron chi connectivity index (χ3n) is 3.31. The van der Waals surface area contributed by atoms with Crippen LogP contribution < -0.4 is 16.0 Å². The van der Waals surface area contributed by atoms with Gasteiger partial charge in [0.05, 0.1) is 13.2 Å². The summed E-state index contributed by atoms with van der Waals surface area (Å²) in [5, 5.41) is 0. The number of imidazole rings is 1. The summed E-state index contributed by atoms with van der Waals surface area (Å²) >= 11 is 0. The number of aryl methyl sites for hydroxylation is 1. The van der Waals surface area contributed by atoms with Crippen LogP contribution >= 0.6 is 0 Å². The molecule has 0 saturated heterocycles. The van der Waals surface area contributed by atoms with Crippen molar-refractivity contribution in [3.05, 3.63) is 47.8 Å². The Morgan fingerprint density at radius 2 is 2.30 bits per heavy atom. The molecular formula is C14H19FN4O. The highest BCUT2D eigenvalue weighted by molar-refractivity contribution is 5.31. The van der Waals surface area contributed by atoms with Crippen molar-refractivity contribution in [1.82, 2.24) is 15.0 Å². The van der Waals surface area contributed by atoms with Crippen molar-refractivity contribution in [2.75, 3.05) is 7.11 Å². The molecule has 0 aliphatic carbocycles. The second-order valence-electron chi connectivity index (χ2n) is 4.45. The number of nitrogens with one attached hydrogen (secondary N) is 1. The first-order chi connectivity index (χ1) is 9.69. The third kappa shape index (κ3) is 2.97. The van der Waals surface area contributed by atoms with Crippen molar-refractivity contribution >= 4 is 0 Å². The number of rotatable bonds is 6. The summed E-state index contributed by atoms with van der Waals surface area (Å²) in [5.41, 5.74) is 3.47. The van der Waals surface area contributed by atoms with E-state index in [1.807, 2.05) is 17.7 Å². The number of nitrogens with two attached hydrogens (primary N) is 1. The second-order valence-corrected chi connectivity index (χ2v) is 4.45. The topological polar surface area (TPSA) is 65.1 Å². The zero-order valence-electron chi connectivity index (χ0n) is 11.6. The fraction of sp³-hybridized carbons (Fsp3) is 0.357. The summed E-state index contributed by atoms with van der Waals surface area (Å²) in [5.74, 6) is 6.32. The van der Waals surface area contributed by atoms with Crippen molar-refractivity contribution in [1.29, 1.82) is 0 Å². The number of methoxy groups -OCH3 is 1. The fourth-order valence-electron chi connectivity index (χ4n) is 2.17. The van der Waals surface area contributed by atoms with Gasteiger partial charge in [0.2, 0.25) is 0 Å². The lowest BCUT2D eigenvalue weighted by molar-refractivity contribution is 0.385. The van der Waals surface area contributed by atoms with Gasteiger partial charge >= 0.3 is 0 Å². The van der Waals surface area contributed by atoms with Gasteiger partial charge in [-0.15, -0.1) is 0 Å². The standard InChI is InChI=1S/C14H19FN4O/c1-3-19-7-6-17-14(19)9-12(18-16)10-4-5-13(20-2)11(15)8-10/h4-8,12,18H,3,9,16H2,1-2H3. The normalized spacial score (nSPS) is 12.4. The molecule has 0 spiro atoms. The number of benzene rings is 1. The molecule has 6 heteroatoms. The van der Waals surface area contributed by atoms with Gasteiger partial charge in [-0.1, -0.05) is 6.07 Å². The summed E-state index contributed by atoms with van der Waals surface area (Å²) in [6, 6.07) is 4.62. The maximum absolute atomic E-state index is 13.8. The van der Waals surface area contributed by atoms with Crippen molar-refractivity contribution in [2.24, 2.45) is 5.84 Å². The minimum atomic E-state index is -0.399. The van der Waals surface area contributed by atoms with Crippen LogP contribution in [0.1, 0.15) is 24.4 Å². The summed E-state index contributed by atoms with van der Waals surface area (Å²) < 4.78 is 20.7. The molecule has 3 N–H and O–H groups in total. The van der Waals surface area contributed by atoms with Gasteiger partial charge in [0.1, 0.15) is 5.82 Å². The Kier molecular flexibility index (Phi) is 4.70. The molecule has 0 aliphatic heterocycles. The van der Waals surface area contributed by atoms with Crippen LogP contribution in [0.2, 0.25) is 0 Å². The average molecular weight is 278 g/mol. The molecule has 1 aromatic heterocycles. The minimum absolute atomic E-state index is 0.205. The number of ether oxygens (including phenoxy) is 1. The van der Waals surface area contributed by atoms with Gasteiger partial charge in [0.25, 0.3) is 0 Å². The zero-order chi connectivity index (χ0) is 14.5. The highest BCUT2D eigenvalue weighted by Gasteiger charge is 2.15. The quantitative estimate of drug-likeness (QED) is 0.624. The van der Waals surface area contributed by atoms with Gasteiger partial charge in [0.15, 0.2) is 11.6 Å². The first-order valence-corrected chi connectivity index (χ1v) is 6.49. The van der Waals surface area contributed by atoms with Gasteiger partial charge in [0, 0.05) is 25.4 Å². The Morgan fingerprint density at radius 1 is 1.50 bits per heavy atom. The Labute approximate surface area is 117 Å². The second kappa shape index (κ2) is 6.49. The van der Waals surface area contributed by atoms with Crippen molar-refractivity contribution in [2.45, 2.75) is 25.9 Å². The van der Waals surface area contributed by atoms with Gasteiger partial charge in [-0.3, -0.25) is 11.3 Å². The van der Waals surface area contributed by atoms with Crippen LogP contribution in [0.3, 0.4) is 0 Å². The first-order valence-electron chi connectivity index (χ1n) is 6.49. The molecule has 20 heavy (non-hydrogen) atoms. The van der Waals surface area contributed by atoms with Crippen LogP contribution in [0.4, 0.5) is 4.39 Å². The van der Waals surface area contributed by atoms with E-state index in [0.717, 1.165) is 17.9 Å². The predicted molar refractivity (Wildman–Crippen MR) is 74.6 cm³/mol. The third-order valence-corrected chi connectivity index (χ3v) is 3.31. The van der Waals surface area contributed by atoms with Gasteiger partial charge < -0.3 is 9.30 Å². The number of hydrogen-bond acceptors (Lipinski definition) is 4. The summed E-state index contributed by atoms with van der Waals surface area (Å²) in [4.78, 5) is 4.31. The van der Waals surface area contributed by atoms with E-state index in [2.05, 4.69) is 10.4 Å². The van der Waals surface area contributed by atoms with E-state index in [4.69, 9.17) is 10.6 Å². The van der Waals surface area contributed by atoms with Crippen molar-refractivity contribution in [3.63, 3.8) is 0 Å². The van der Waals surface area contributed by atoms with E-state index in [1.54, 1.807) is 18.3 Å². The molecule has 108 valence electrons. The molecule has 5 nitrogen and oxygen atoms in total. The van der Waals surface area contributed by atoms with Crippen LogP contribution in [0.25, 0.3) is 0 Å². The summed E-state index contributed by atoms with van der Waals surface area (Å²) in [6.07, 6.45) is 4.25. The van der Waals surface area contributed by atoms with Crippen LogP contribution in [-0.4, -0.2) is 16.7 Å². The van der Waals surface area contributed by atoms with Gasteiger partial charge in [-0.2, -0.15) is 0 Å². The SMILES string of the molecule is CCn1ccnc1CC(NN)c1ccc(OC)c(F)c1. The number of nitrogens with zero attached hydrogens (tertiary/aromatic N) is 2. The highest BCUT2D eigenvalue weighted by atomic mass is 19.1. The Bertz CT molecular complexity index is 570. The maximum Gasteiger partial charge on any atom is 0.165 e. The number of aromatic nitrogens is 2. The zero-order valence-corrected chi connectivity index (χ0v) is 11.6. The monoisotopic (exact) mass is 278 g/mol. The van der Waals surface area contributed by atoms with E-state index in [1.165, 1.54) is 13.2 Å². The first kappa shape index (κ1) is 14.5. The number of halogens is 1. The highest BCUT2D eigenvalue weighted by Crippen LogP contribution is 2.23. The molecule has 0 fully saturated rings. The molecule has 2 rings (SSSR count). The largest absolute Gasteiger partial charge is 0.494 e. The molecule has 1 unspecified atom stereocenters. The summed E-state index contributed by atoms with van der Waals surface area (Å²) in [6.45, 7) is 2.88. The Morgan fingerprint density at radius 3 is 2.90 bits per heavy atom. The van der Waals surface area contributed by atoms with E-state index < -0.39 is 5.82 Å². The molecule has 0 aliphatic rings. The molecule has 0 amide bonds. The molecule has 2 aromatic rings. The van der Waals surface area contributed by atoms with E-state index >= 15 is 0 Å².